The first kappa shape index (κ1) is 10.0. The van der Waals surface area contributed by atoms with Crippen molar-refractivity contribution in [2.75, 3.05) is 0 Å². The topological polar surface area (TPSA) is 20.2 Å². The van der Waals surface area contributed by atoms with E-state index in [-0.39, 0.29) is 0 Å². The number of benzene rings is 2. The van der Waals surface area contributed by atoms with E-state index in [9.17, 15) is 5.11 Å². The average molecular weight is 200 g/mol. The van der Waals surface area contributed by atoms with Gasteiger partial charge in [-0.15, -0.1) is 0 Å². The van der Waals surface area contributed by atoms with Crippen LogP contribution in [0.15, 0.2) is 30.3 Å². The van der Waals surface area contributed by atoms with Gasteiger partial charge in [0.25, 0.3) is 0 Å². The molecule has 0 unspecified atom stereocenters. The first-order valence-corrected chi connectivity index (χ1v) is 5.31. The molecule has 0 radical (unpaired) electrons. The van der Waals surface area contributed by atoms with Gasteiger partial charge in [0.1, 0.15) is 5.75 Å². The lowest BCUT2D eigenvalue weighted by Crippen LogP contribution is -1.90. The van der Waals surface area contributed by atoms with E-state index in [1.54, 1.807) is 0 Å². The van der Waals surface area contributed by atoms with Gasteiger partial charge in [-0.1, -0.05) is 37.6 Å². The van der Waals surface area contributed by atoms with Crippen molar-refractivity contribution in [2.24, 2.45) is 0 Å². The molecule has 0 saturated heterocycles. The summed E-state index contributed by atoms with van der Waals surface area (Å²) in [4.78, 5) is 0. The Bertz CT molecular complexity index is 498. The lowest BCUT2D eigenvalue weighted by Gasteiger charge is -2.11. The van der Waals surface area contributed by atoms with E-state index in [2.05, 4.69) is 39.0 Å². The molecule has 2 aromatic carbocycles. The molecule has 2 rings (SSSR count). The zero-order valence-electron chi connectivity index (χ0n) is 9.41. The van der Waals surface area contributed by atoms with Crippen LogP contribution in [0.4, 0.5) is 0 Å². The molecule has 0 aliphatic carbocycles. The van der Waals surface area contributed by atoms with Gasteiger partial charge >= 0.3 is 0 Å². The normalized spacial score (nSPS) is 11.2. The van der Waals surface area contributed by atoms with Crippen LogP contribution < -0.4 is 0 Å². The van der Waals surface area contributed by atoms with Crippen LogP contribution in [-0.2, 0) is 0 Å². The molecule has 0 spiro atoms. The summed E-state index contributed by atoms with van der Waals surface area (Å²) in [6.07, 6.45) is 0. The molecule has 1 N–H and O–H groups in total. The Morgan fingerprint density at radius 2 is 1.80 bits per heavy atom. The summed E-state index contributed by atoms with van der Waals surface area (Å²) in [5.74, 6) is 0.788. The Labute approximate surface area is 90.4 Å². The molecule has 0 amide bonds. The Hall–Kier alpha value is -1.50. The second-order valence-electron chi connectivity index (χ2n) is 4.41. The van der Waals surface area contributed by atoms with E-state index < -0.39 is 0 Å². The lowest BCUT2D eigenvalue weighted by atomic mass is 9.94. The van der Waals surface area contributed by atoms with Gasteiger partial charge in [-0.05, 0) is 41.3 Å². The molecular formula is C14H16O. The highest BCUT2D eigenvalue weighted by molar-refractivity contribution is 5.88. The van der Waals surface area contributed by atoms with Gasteiger partial charge in [-0.25, -0.2) is 0 Å². The Balaban J connectivity index is 2.81. The quantitative estimate of drug-likeness (QED) is 0.738. The number of aryl methyl sites for hydroxylation is 1. The Morgan fingerprint density at radius 3 is 2.47 bits per heavy atom. The van der Waals surface area contributed by atoms with Crippen molar-refractivity contribution in [2.45, 2.75) is 26.7 Å². The molecule has 1 nitrogen and oxygen atoms in total. The van der Waals surface area contributed by atoms with Crippen LogP contribution in [0.1, 0.15) is 30.9 Å². The molecule has 0 saturated carbocycles. The monoisotopic (exact) mass is 200 g/mol. The molecule has 0 atom stereocenters. The fourth-order valence-corrected chi connectivity index (χ4v) is 1.96. The predicted octanol–water partition coefficient (Wildman–Crippen LogP) is 3.98. The van der Waals surface area contributed by atoms with Crippen LogP contribution in [0, 0.1) is 6.92 Å². The van der Waals surface area contributed by atoms with Gasteiger partial charge in [0, 0.05) is 0 Å². The van der Waals surface area contributed by atoms with E-state index in [1.165, 1.54) is 16.5 Å². The summed E-state index contributed by atoms with van der Waals surface area (Å²) in [7, 11) is 0. The van der Waals surface area contributed by atoms with Gasteiger partial charge in [-0.3, -0.25) is 0 Å². The van der Waals surface area contributed by atoms with Gasteiger partial charge in [0.15, 0.2) is 0 Å². The van der Waals surface area contributed by atoms with Crippen LogP contribution in [0.3, 0.4) is 0 Å². The molecular weight excluding hydrogens is 184 g/mol. The zero-order chi connectivity index (χ0) is 11.0. The fourth-order valence-electron chi connectivity index (χ4n) is 1.96. The van der Waals surface area contributed by atoms with E-state index in [4.69, 9.17) is 0 Å². The summed E-state index contributed by atoms with van der Waals surface area (Å²) in [6.45, 7) is 6.39. The standard InChI is InChI=1S/C14H16O/c1-9(2)13-8-12(15)7-11-5-4-10(3)6-14(11)13/h4-9,15H,1-3H3. The van der Waals surface area contributed by atoms with Crippen molar-refractivity contribution in [3.63, 3.8) is 0 Å². The summed E-state index contributed by atoms with van der Waals surface area (Å²) in [6, 6.07) is 10.0. The number of aromatic hydroxyl groups is 1. The van der Waals surface area contributed by atoms with Crippen molar-refractivity contribution in [3.05, 3.63) is 41.5 Å². The smallest absolute Gasteiger partial charge is 0.116 e. The molecule has 0 aromatic heterocycles. The molecule has 78 valence electrons. The van der Waals surface area contributed by atoms with Gasteiger partial charge < -0.3 is 5.11 Å². The Kier molecular flexibility index (Phi) is 2.39. The molecule has 15 heavy (non-hydrogen) atoms. The van der Waals surface area contributed by atoms with Crippen LogP contribution in [0.25, 0.3) is 10.8 Å². The van der Waals surface area contributed by atoms with Crippen molar-refractivity contribution in [1.82, 2.24) is 0 Å². The highest BCUT2D eigenvalue weighted by Crippen LogP contribution is 2.30. The number of phenols is 1. The second-order valence-corrected chi connectivity index (χ2v) is 4.41. The molecule has 0 bridgehead atoms. The maximum absolute atomic E-state index is 9.63. The highest BCUT2D eigenvalue weighted by atomic mass is 16.3. The van der Waals surface area contributed by atoms with Gasteiger partial charge in [-0.2, -0.15) is 0 Å². The third-order valence-electron chi connectivity index (χ3n) is 2.75. The number of phenolic OH excluding ortho intramolecular Hbond substituents is 1. The van der Waals surface area contributed by atoms with Crippen molar-refractivity contribution in [3.8, 4) is 5.75 Å². The SMILES string of the molecule is Cc1ccc2cc(O)cc(C(C)C)c2c1. The number of hydrogen-bond donors (Lipinski definition) is 1. The van der Waals surface area contributed by atoms with Crippen LogP contribution in [-0.4, -0.2) is 5.11 Å². The van der Waals surface area contributed by atoms with Crippen LogP contribution in [0.2, 0.25) is 0 Å². The third-order valence-corrected chi connectivity index (χ3v) is 2.75. The van der Waals surface area contributed by atoms with Crippen LogP contribution >= 0.6 is 0 Å². The highest BCUT2D eigenvalue weighted by Gasteiger charge is 2.07. The van der Waals surface area contributed by atoms with E-state index in [0.29, 0.717) is 11.7 Å². The zero-order valence-corrected chi connectivity index (χ0v) is 9.41. The predicted molar refractivity (Wildman–Crippen MR) is 64.4 cm³/mol. The van der Waals surface area contributed by atoms with E-state index in [0.717, 1.165) is 5.39 Å². The van der Waals surface area contributed by atoms with Crippen LogP contribution in [0.5, 0.6) is 5.75 Å². The van der Waals surface area contributed by atoms with Crippen molar-refractivity contribution >= 4 is 10.8 Å². The summed E-state index contributed by atoms with van der Waals surface area (Å²) >= 11 is 0. The van der Waals surface area contributed by atoms with Gasteiger partial charge in [0.05, 0.1) is 0 Å². The molecule has 0 aliphatic rings. The second kappa shape index (κ2) is 3.58. The number of rotatable bonds is 1. The number of hydrogen-bond acceptors (Lipinski definition) is 1. The minimum absolute atomic E-state index is 0.357. The first-order chi connectivity index (χ1) is 7.08. The summed E-state index contributed by atoms with van der Waals surface area (Å²) in [5, 5.41) is 12.0. The minimum Gasteiger partial charge on any atom is -0.508 e. The molecule has 0 fully saturated rings. The van der Waals surface area contributed by atoms with E-state index >= 15 is 0 Å². The largest absolute Gasteiger partial charge is 0.508 e. The fraction of sp³-hybridized carbons (Fsp3) is 0.286. The molecule has 0 heterocycles. The molecule has 1 heteroatoms. The van der Waals surface area contributed by atoms with Gasteiger partial charge in [0.2, 0.25) is 0 Å². The Morgan fingerprint density at radius 1 is 1.07 bits per heavy atom. The van der Waals surface area contributed by atoms with Crippen molar-refractivity contribution < 1.29 is 5.11 Å². The summed E-state index contributed by atoms with van der Waals surface area (Å²) < 4.78 is 0. The molecule has 2 aromatic rings. The van der Waals surface area contributed by atoms with E-state index in [1.807, 2.05) is 12.1 Å². The number of fused-ring (bicyclic) bond motifs is 1. The maximum Gasteiger partial charge on any atom is 0.116 e. The average Bonchev–Trinajstić information content (AvgIpc) is 2.17. The first-order valence-electron chi connectivity index (χ1n) is 5.31. The molecule has 0 aliphatic heterocycles. The maximum atomic E-state index is 9.63. The summed E-state index contributed by atoms with van der Waals surface area (Å²) in [5.41, 5.74) is 2.48. The van der Waals surface area contributed by atoms with Crippen molar-refractivity contribution in [1.29, 1.82) is 0 Å². The minimum atomic E-state index is 0.357. The lowest BCUT2D eigenvalue weighted by molar-refractivity contribution is 0.475. The third kappa shape index (κ3) is 1.82.